The van der Waals surface area contributed by atoms with Crippen molar-refractivity contribution in [1.82, 2.24) is 14.1 Å². The van der Waals surface area contributed by atoms with Gasteiger partial charge in [-0.3, -0.25) is 14.7 Å². The number of carbonyl (C=O) groups is 2. The third-order valence-electron chi connectivity index (χ3n) is 5.65. The van der Waals surface area contributed by atoms with Crippen molar-refractivity contribution in [2.75, 3.05) is 46.9 Å². The molecule has 0 spiro atoms. The van der Waals surface area contributed by atoms with Gasteiger partial charge in [0.05, 0.1) is 36.4 Å². The fraction of sp³-hybridized carbons (Fsp3) is 0.333. The first-order valence-electron chi connectivity index (χ1n) is 11.2. The Kier molecular flexibility index (Phi) is 9.23. The smallest absolute Gasteiger partial charge is 0.413 e. The summed E-state index contributed by atoms with van der Waals surface area (Å²) in [6.45, 7) is 0.808. The zero-order chi connectivity index (χ0) is 27.2. The number of amidine groups is 1. The van der Waals surface area contributed by atoms with Gasteiger partial charge in [-0.05, 0) is 23.8 Å². The van der Waals surface area contributed by atoms with E-state index in [-0.39, 0.29) is 41.1 Å². The molecule has 0 unspecified atom stereocenters. The standard InChI is InChI=1S/C24H26ClN5O6S/c1-28(15-17-3-6-19(7-4-17)23-27-9-10-30(23)24(32)33)22(31)16-36-12-11-29(2)37(34,35)21-8-5-18(14-26)13-20(21)25/h3-8,13H,9-12,15-16H2,1-2H3,(H,32,33). The van der Waals surface area contributed by atoms with Crippen LogP contribution in [-0.4, -0.2) is 92.4 Å². The molecule has 0 aromatic heterocycles. The topological polar surface area (TPSA) is 144 Å². The average Bonchev–Trinajstić information content (AvgIpc) is 3.37. The molecular weight excluding hydrogens is 522 g/mol. The van der Waals surface area contributed by atoms with Gasteiger partial charge in [0, 0.05) is 32.7 Å². The molecule has 1 N–H and O–H groups in total. The predicted molar refractivity (Wildman–Crippen MR) is 136 cm³/mol. The molecular formula is C24H26ClN5O6S. The number of carbonyl (C=O) groups excluding carboxylic acids is 1. The SMILES string of the molecule is CN(Cc1ccc(C2=NCCN2C(=O)O)cc1)C(=O)COCCN(C)S(=O)(=O)c1ccc(C#N)cc1Cl. The Hall–Kier alpha value is -3.50. The van der Waals surface area contributed by atoms with Crippen LogP contribution in [0.4, 0.5) is 4.79 Å². The lowest BCUT2D eigenvalue weighted by atomic mass is 10.1. The molecule has 0 bridgehead atoms. The molecule has 11 nitrogen and oxygen atoms in total. The molecule has 3 rings (SSSR count). The van der Waals surface area contributed by atoms with Crippen LogP contribution in [0.15, 0.2) is 52.4 Å². The molecule has 196 valence electrons. The van der Waals surface area contributed by atoms with Gasteiger partial charge in [-0.1, -0.05) is 35.9 Å². The predicted octanol–water partition coefficient (Wildman–Crippen LogP) is 2.25. The van der Waals surface area contributed by atoms with Crippen LogP contribution in [0.2, 0.25) is 5.02 Å². The molecule has 2 aromatic carbocycles. The van der Waals surface area contributed by atoms with E-state index in [0.717, 1.165) is 9.87 Å². The van der Waals surface area contributed by atoms with Gasteiger partial charge >= 0.3 is 6.09 Å². The molecule has 37 heavy (non-hydrogen) atoms. The first-order valence-corrected chi connectivity index (χ1v) is 13.0. The molecule has 0 atom stereocenters. The van der Waals surface area contributed by atoms with Gasteiger partial charge in [-0.15, -0.1) is 0 Å². The molecule has 0 aliphatic carbocycles. The number of carboxylic acid groups (broad SMARTS) is 1. The number of nitriles is 1. The van der Waals surface area contributed by atoms with Gasteiger partial charge in [-0.25, -0.2) is 13.2 Å². The monoisotopic (exact) mass is 547 g/mol. The van der Waals surface area contributed by atoms with Crippen molar-refractivity contribution in [2.24, 2.45) is 4.99 Å². The summed E-state index contributed by atoms with van der Waals surface area (Å²) in [5.41, 5.74) is 1.77. The lowest BCUT2D eigenvalue weighted by Gasteiger charge is -2.20. The molecule has 2 aromatic rings. The molecule has 0 radical (unpaired) electrons. The number of likely N-dealkylation sites (N-methyl/N-ethyl adjacent to an activating group) is 2. The maximum atomic E-state index is 12.7. The number of amides is 2. The van der Waals surface area contributed by atoms with Crippen LogP contribution in [0.25, 0.3) is 0 Å². The molecule has 1 heterocycles. The summed E-state index contributed by atoms with van der Waals surface area (Å²) in [5, 5.41) is 18.1. The largest absolute Gasteiger partial charge is 0.465 e. The number of hydrogen-bond acceptors (Lipinski definition) is 7. The van der Waals surface area contributed by atoms with Crippen molar-refractivity contribution >= 4 is 39.5 Å². The highest BCUT2D eigenvalue weighted by Crippen LogP contribution is 2.25. The Morgan fingerprint density at radius 1 is 1.22 bits per heavy atom. The maximum Gasteiger partial charge on any atom is 0.413 e. The molecule has 1 aliphatic rings. The second-order valence-corrected chi connectivity index (χ2v) is 10.6. The summed E-state index contributed by atoms with van der Waals surface area (Å²) < 4.78 is 31.9. The van der Waals surface area contributed by atoms with Crippen molar-refractivity contribution in [3.63, 3.8) is 0 Å². The normalized spacial score (nSPS) is 13.4. The van der Waals surface area contributed by atoms with Crippen LogP contribution in [0.3, 0.4) is 0 Å². The Morgan fingerprint density at radius 2 is 1.92 bits per heavy atom. The second kappa shape index (κ2) is 12.2. The van der Waals surface area contributed by atoms with E-state index in [1.807, 2.05) is 6.07 Å². The number of ether oxygens (including phenoxy) is 1. The third kappa shape index (κ3) is 6.84. The maximum absolute atomic E-state index is 12.7. The summed E-state index contributed by atoms with van der Waals surface area (Å²) >= 11 is 6.03. The van der Waals surface area contributed by atoms with Crippen LogP contribution >= 0.6 is 11.6 Å². The van der Waals surface area contributed by atoms with E-state index in [1.165, 1.54) is 35.0 Å². The van der Waals surface area contributed by atoms with Gasteiger partial charge in [0.25, 0.3) is 0 Å². The van der Waals surface area contributed by atoms with Gasteiger partial charge in [0.2, 0.25) is 15.9 Å². The molecule has 0 saturated carbocycles. The zero-order valence-electron chi connectivity index (χ0n) is 20.3. The highest BCUT2D eigenvalue weighted by Gasteiger charge is 2.25. The number of aliphatic imine (C=N–C) groups is 1. The Labute approximate surface area is 220 Å². The highest BCUT2D eigenvalue weighted by molar-refractivity contribution is 7.89. The average molecular weight is 548 g/mol. The van der Waals surface area contributed by atoms with Crippen LogP contribution in [-0.2, 0) is 26.1 Å². The minimum atomic E-state index is -3.90. The highest BCUT2D eigenvalue weighted by atomic mass is 35.5. The fourth-order valence-corrected chi connectivity index (χ4v) is 5.20. The van der Waals surface area contributed by atoms with E-state index in [1.54, 1.807) is 31.3 Å². The first kappa shape index (κ1) is 28.1. The van der Waals surface area contributed by atoms with Gasteiger partial charge in [0.15, 0.2) is 0 Å². The Bertz CT molecular complexity index is 1340. The summed E-state index contributed by atoms with van der Waals surface area (Å²) in [7, 11) is -0.904. The van der Waals surface area contributed by atoms with Crippen LogP contribution in [0.1, 0.15) is 16.7 Å². The second-order valence-electron chi connectivity index (χ2n) is 8.22. The first-order chi connectivity index (χ1) is 17.5. The number of nitrogens with zero attached hydrogens (tertiary/aromatic N) is 5. The van der Waals surface area contributed by atoms with E-state index in [0.29, 0.717) is 31.0 Å². The number of benzene rings is 2. The van der Waals surface area contributed by atoms with E-state index < -0.39 is 16.1 Å². The van der Waals surface area contributed by atoms with Crippen LogP contribution in [0, 0.1) is 11.3 Å². The molecule has 0 fully saturated rings. The lowest BCUT2D eigenvalue weighted by Crippen LogP contribution is -2.33. The van der Waals surface area contributed by atoms with Gasteiger partial charge in [-0.2, -0.15) is 9.57 Å². The minimum Gasteiger partial charge on any atom is -0.465 e. The van der Waals surface area contributed by atoms with Crippen molar-refractivity contribution in [2.45, 2.75) is 11.4 Å². The number of rotatable bonds is 10. The molecule has 2 amide bonds. The number of hydrogen-bond donors (Lipinski definition) is 1. The minimum absolute atomic E-state index is 0.00559. The Morgan fingerprint density at radius 3 is 2.54 bits per heavy atom. The van der Waals surface area contributed by atoms with Crippen LogP contribution < -0.4 is 0 Å². The number of sulfonamides is 1. The Balaban J connectivity index is 1.46. The van der Waals surface area contributed by atoms with Crippen molar-refractivity contribution in [1.29, 1.82) is 5.26 Å². The zero-order valence-corrected chi connectivity index (χ0v) is 21.9. The molecule has 0 saturated heterocycles. The molecule has 1 aliphatic heterocycles. The van der Waals surface area contributed by atoms with Gasteiger partial charge in [0.1, 0.15) is 17.3 Å². The lowest BCUT2D eigenvalue weighted by molar-refractivity contribution is -0.135. The quantitative estimate of drug-likeness (QED) is 0.449. The van der Waals surface area contributed by atoms with E-state index in [9.17, 15) is 23.1 Å². The molecule has 13 heteroatoms. The van der Waals surface area contributed by atoms with Crippen molar-refractivity contribution < 1.29 is 27.9 Å². The number of halogens is 1. The summed E-state index contributed by atoms with van der Waals surface area (Å²) in [6, 6.07) is 13.0. The third-order valence-corrected chi connectivity index (χ3v) is 7.99. The summed E-state index contributed by atoms with van der Waals surface area (Å²) in [6.07, 6.45) is -1.05. The van der Waals surface area contributed by atoms with E-state index >= 15 is 0 Å². The van der Waals surface area contributed by atoms with E-state index in [4.69, 9.17) is 21.6 Å². The van der Waals surface area contributed by atoms with Crippen molar-refractivity contribution in [3.8, 4) is 6.07 Å². The van der Waals surface area contributed by atoms with Gasteiger partial charge < -0.3 is 14.7 Å². The van der Waals surface area contributed by atoms with Crippen molar-refractivity contribution in [3.05, 3.63) is 64.2 Å². The summed E-state index contributed by atoms with van der Waals surface area (Å²) in [4.78, 5) is 30.6. The van der Waals surface area contributed by atoms with Crippen LogP contribution in [0.5, 0.6) is 0 Å². The van der Waals surface area contributed by atoms with E-state index in [2.05, 4.69) is 4.99 Å². The summed E-state index contributed by atoms with van der Waals surface area (Å²) in [5.74, 6) is 0.118. The fourth-order valence-electron chi connectivity index (χ4n) is 3.53.